The minimum atomic E-state index is 0. The van der Waals surface area contributed by atoms with Crippen molar-refractivity contribution in [3.63, 3.8) is 0 Å². The molecule has 2 rings (SSSR count). The van der Waals surface area contributed by atoms with Gasteiger partial charge in [0.2, 0.25) is 0 Å². The molecule has 0 radical (unpaired) electrons. The fraction of sp³-hybridized carbons (Fsp3) is 1.00. The van der Waals surface area contributed by atoms with E-state index in [9.17, 15) is 0 Å². The first-order valence-electron chi connectivity index (χ1n) is 5.36. The van der Waals surface area contributed by atoms with E-state index in [1.54, 1.807) is 0 Å². The molecule has 0 unspecified atom stereocenters. The van der Waals surface area contributed by atoms with E-state index >= 15 is 0 Å². The zero-order valence-electron chi connectivity index (χ0n) is 8.65. The molecule has 1 heterocycles. The van der Waals surface area contributed by atoms with Gasteiger partial charge in [-0.25, -0.2) is 0 Å². The van der Waals surface area contributed by atoms with Gasteiger partial charge in [-0.1, -0.05) is 12.8 Å². The van der Waals surface area contributed by atoms with E-state index in [-0.39, 0.29) is 24.8 Å². The second-order valence-corrected chi connectivity index (χ2v) is 4.31. The molecule has 0 bridgehead atoms. The molecule has 4 heteroatoms. The van der Waals surface area contributed by atoms with Crippen molar-refractivity contribution in [1.29, 1.82) is 0 Å². The zero-order valence-corrected chi connectivity index (χ0v) is 10.3. The highest BCUT2D eigenvalue weighted by Gasteiger charge is 2.25. The third kappa shape index (κ3) is 3.58. The molecule has 2 N–H and O–H groups in total. The summed E-state index contributed by atoms with van der Waals surface area (Å²) in [5.74, 6) is 0. The molecule has 2 fully saturated rings. The summed E-state index contributed by atoms with van der Waals surface area (Å²) in [6.45, 7) is 2.51. The normalized spacial score (nSPS) is 25.5. The first kappa shape index (κ1) is 14.5. The molecule has 0 aromatic carbocycles. The Labute approximate surface area is 99.4 Å². The maximum atomic E-state index is 5.87. The van der Waals surface area contributed by atoms with Crippen molar-refractivity contribution >= 4 is 24.8 Å². The molecule has 1 aliphatic carbocycles. The highest BCUT2D eigenvalue weighted by molar-refractivity contribution is 5.85. The lowest BCUT2D eigenvalue weighted by atomic mass is 10.0. The standard InChI is InChI=1S/C10H20N2.2ClH/c11-9-5-7-12(8-6-9)10-3-1-2-4-10;;/h9-10H,1-8,11H2;2*1H. The Kier molecular flexibility index (Phi) is 7.13. The van der Waals surface area contributed by atoms with Crippen LogP contribution in [0.25, 0.3) is 0 Å². The van der Waals surface area contributed by atoms with E-state index in [0.29, 0.717) is 6.04 Å². The average molecular weight is 241 g/mol. The second-order valence-electron chi connectivity index (χ2n) is 4.31. The molecule has 1 aliphatic heterocycles. The largest absolute Gasteiger partial charge is 0.328 e. The number of rotatable bonds is 1. The quantitative estimate of drug-likeness (QED) is 0.762. The Balaban J connectivity index is 0.000000845. The van der Waals surface area contributed by atoms with Gasteiger partial charge in [0.25, 0.3) is 0 Å². The third-order valence-electron chi connectivity index (χ3n) is 3.42. The molecular formula is C10H22Cl2N2. The van der Waals surface area contributed by atoms with Crippen LogP contribution in [0.3, 0.4) is 0 Å². The number of hydrogen-bond donors (Lipinski definition) is 1. The highest BCUT2D eigenvalue weighted by atomic mass is 35.5. The van der Waals surface area contributed by atoms with Gasteiger partial charge in [0.05, 0.1) is 0 Å². The van der Waals surface area contributed by atoms with E-state index in [0.717, 1.165) is 6.04 Å². The van der Waals surface area contributed by atoms with Crippen molar-refractivity contribution in [2.24, 2.45) is 5.73 Å². The van der Waals surface area contributed by atoms with Crippen LogP contribution in [0.4, 0.5) is 0 Å². The first-order chi connectivity index (χ1) is 5.86. The Morgan fingerprint density at radius 2 is 1.36 bits per heavy atom. The highest BCUT2D eigenvalue weighted by Crippen LogP contribution is 2.25. The maximum Gasteiger partial charge on any atom is 0.00952 e. The molecule has 2 aliphatic rings. The summed E-state index contributed by atoms with van der Waals surface area (Å²) < 4.78 is 0. The Morgan fingerprint density at radius 3 is 1.86 bits per heavy atom. The summed E-state index contributed by atoms with van der Waals surface area (Å²) in [6, 6.07) is 1.40. The number of hydrogen-bond acceptors (Lipinski definition) is 2. The van der Waals surface area contributed by atoms with Gasteiger partial charge in [-0.3, -0.25) is 0 Å². The van der Waals surface area contributed by atoms with Crippen molar-refractivity contribution < 1.29 is 0 Å². The Hall–Kier alpha value is 0.500. The van der Waals surface area contributed by atoms with Crippen LogP contribution in [0.5, 0.6) is 0 Å². The molecule has 1 saturated carbocycles. The molecule has 2 nitrogen and oxygen atoms in total. The van der Waals surface area contributed by atoms with Gasteiger partial charge in [0.1, 0.15) is 0 Å². The number of halogens is 2. The van der Waals surface area contributed by atoms with Crippen LogP contribution in [0.1, 0.15) is 38.5 Å². The van der Waals surface area contributed by atoms with E-state index in [2.05, 4.69) is 4.90 Å². The van der Waals surface area contributed by atoms with Crippen molar-refractivity contribution in [1.82, 2.24) is 4.90 Å². The summed E-state index contributed by atoms with van der Waals surface area (Å²) in [4.78, 5) is 2.66. The topological polar surface area (TPSA) is 29.3 Å². The lowest BCUT2D eigenvalue weighted by Gasteiger charge is -2.34. The molecule has 0 atom stereocenters. The van der Waals surface area contributed by atoms with Crippen LogP contribution in [0.2, 0.25) is 0 Å². The van der Waals surface area contributed by atoms with Gasteiger partial charge in [0, 0.05) is 12.1 Å². The van der Waals surface area contributed by atoms with Gasteiger partial charge in [-0.2, -0.15) is 0 Å². The van der Waals surface area contributed by atoms with Crippen LogP contribution in [-0.2, 0) is 0 Å². The van der Waals surface area contributed by atoms with E-state index in [1.165, 1.54) is 51.6 Å². The summed E-state index contributed by atoms with van der Waals surface area (Å²) in [5.41, 5.74) is 5.87. The van der Waals surface area contributed by atoms with Gasteiger partial charge < -0.3 is 10.6 Å². The molecule has 0 aromatic heterocycles. The summed E-state index contributed by atoms with van der Waals surface area (Å²) in [7, 11) is 0. The predicted molar refractivity (Wildman–Crippen MR) is 65.5 cm³/mol. The summed E-state index contributed by atoms with van der Waals surface area (Å²) in [6.07, 6.45) is 8.22. The van der Waals surface area contributed by atoms with E-state index in [1.807, 2.05) is 0 Å². The summed E-state index contributed by atoms with van der Waals surface area (Å²) in [5, 5.41) is 0. The molecule has 0 aromatic rings. The van der Waals surface area contributed by atoms with E-state index < -0.39 is 0 Å². The Bertz CT molecular complexity index is 141. The van der Waals surface area contributed by atoms with Crippen LogP contribution in [-0.4, -0.2) is 30.1 Å². The lowest BCUT2D eigenvalue weighted by molar-refractivity contribution is 0.155. The second kappa shape index (κ2) is 6.89. The van der Waals surface area contributed by atoms with Gasteiger partial charge in [-0.05, 0) is 38.8 Å². The van der Waals surface area contributed by atoms with Gasteiger partial charge in [0.15, 0.2) is 0 Å². The number of likely N-dealkylation sites (tertiary alicyclic amines) is 1. The smallest absolute Gasteiger partial charge is 0.00952 e. The molecule has 14 heavy (non-hydrogen) atoms. The third-order valence-corrected chi connectivity index (χ3v) is 3.42. The minimum Gasteiger partial charge on any atom is -0.328 e. The van der Waals surface area contributed by atoms with Crippen LogP contribution in [0.15, 0.2) is 0 Å². The van der Waals surface area contributed by atoms with Crippen LogP contribution < -0.4 is 5.73 Å². The van der Waals surface area contributed by atoms with Crippen molar-refractivity contribution in [3.8, 4) is 0 Å². The number of piperidine rings is 1. The Morgan fingerprint density at radius 1 is 0.857 bits per heavy atom. The molecule has 86 valence electrons. The fourth-order valence-corrected chi connectivity index (χ4v) is 2.55. The number of nitrogens with two attached hydrogens (primary N) is 1. The van der Waals surface area contributed by atoms with Crippen molar-refractivity contribution in [2.75, 3.05) is 13.1 Å². The fourth-order valence-electron chi connectivity index (χ4n) is 2.55. The summed E-state index contributed by atoms with van der Waals surface area (Å²) >= 11 is 0. The monoisotopic (exact) mass is 240 g/mol. The van der Waals surface area contributed by atoms with Gasteiger partial charge >= 0.3 is 0 Å². The lowest BCUT2D eigenvalue weighted by Crippen LogP contribution is -2.44. The van der Waals surface area contributed by atoms with Crippen molar-refractivity contribution in [3.05, 3.63) is 0 Å². The van der Waals surface area contributed by atoms with Crippen LogP contribution >= 0.6 is 24.8 Å². The van der Waals surface area contributed by atoms with Crippen molar-refractivity contribution in [2.45, 2.75) is 50.6 Å². The first-order valence-corrected chi connectivity index (χ1v) is 5.36. The molecule has 0 spiro atoms. The maximum absolute atomic E-state index is 5.87. The van der Waals surface area contributed by atoms with Gasteiger partial charge in [-0.15, -0.1) is 24.8 Å². The zero-order chi connectivity index (χ0) is 8.39. The average Bonchev–Trinajstić information content (AvgIpc) is 2.58. The van der Waals surface area contributed by atoms with Crippen LogP contribution in [0, 0.1) is 0 Å². The number of nitrogens with zero attached hydrogens (tertiary/aromatic N) is 1. The SMILES string of the molecule is Cl.Cl.NC1CCN(C2CCCC2)CC1. The molecular weight excluding hydrogens is 219 g/mol. The predicted octanol–water partition coefficient (Wildman–Crippen LogP) is 2.20. The van der Waals surface area contributed by atoms with E-state index in [4.69, 9.17) is 5.73 Å². The molecule has 1 saturated heterocycles. The minimum absolute atomic E-state index is 0. The molecule has 0 amide bonds.